The predicted molar refractivity (Wildman–Crippen MR) is 141 cm³/mol. The molecule has 0 spiro atoms. The van der Waals surface area contributed by atoms with Gasteiger partial charge >= 0.3 is 5.97 Å². The number of rotatable bonds is 9. The summed E-state index contributed by atoms with van der Waals surface area (Å²) in [5.74, 6) is -0.619. The lowest BCUT2D eigenvalue weighted by atomic mass is 9.63. The fraction of sp³-hybridized carbons (Fsp3) is 0.300. The molecule has 0 heterocycles. The quantitative estimate of drug-likeness (QED) is 0.343. The molecule has 192 valence electrons. The van der Waals surface area contributed by atoms with Crippen molar-refractivity contribution in [1.29, 1.82) is 0 Å². The highest BCUT2D eigenvalue weighted by Gasteiger charge is 2.49. The van der Waals surface area contributed by atoms with Gasteiger partial charge in [-0.3, -0.25) is 14.4 Å². The molecule has 1 aliphatic carbocycles. The summed E-state index contributed by atoms with van der Waals surface area (Å²) >= 11 is 0. The number of fused-ring (bicyclic) bond motifs is 1. The second-order valence-corrected chi connectivity index (χ2v) is 8.92. The van der Waals surface area contributed by atoms with Crippen molar-refractivity contribution >= 4 is 17.8 Å². The Hall–Kier alpha value is -4.13. The Labute approximate surface area is 217 Å². The first-order valence-corrected chi connectivity index (χ1v) is 12.5. The number of nitrogens with one attached hydrogen (secondary N) is 2. The van der Waals surface area contributed by atoms with Crippen molar-refractivity contribution in [3.63, 3.8) is 0 Å². The third-order valence-corrected chi connectivity index (χ3v) is 6.87. The van der Waals surface area contributed by atoms with Crippen LogP contribution >= 0.6 is 0 Å². The SMILES string of the molecule is CCOC(=O)[C@@]1(c2ccccc2)CC[C@H](C(=O)NCCNC(=O)c2ccccc2OC)c2ccccc21. The maximum atomic E-state index is 13.4. The van der Waals surface area contributed by atoms with E-state index in [0.29, 0.717) is 24.2 Å². The first-order chi connectivity index (χ1) is 18.0. The van der Waals surface area contributed by atoms with Crippen LogP contribution in [0.15, 0.2) is 78.9 Å². The fourth-order valence-corrected chi connectivity index (χ4v) is 5.13. The summed E-state index contributed by atoms with van der Waals surface area (Å²) in [6, 6.07) is 24.2. The lowest BCUT2D eigenvalue weighted by Gasteiger charge is -2.40. The lowest BCUT2D eigenvalue weighted by molar-refractivity contribution is -0.149. The van der Waals surface area contributed by atoms with E-state index in [4.69, 9.17) is 9.47 Å². The highest BCUT2D eigenvalue weighted by molar-refractivity contribution is 5.97. The van der Waals surface area contributed by atoms with Crippen molar-refractivity contribution in [3.05, 3.63) is 101 Å². The molecule has 3 aromatic rings. The molecule has 37 heavy (non-hydrogen) atoms. The highest BCUT2D eigenvalue weighted by atomic mass is 16.5. The van der Waals surface area contributed by atoms with Crippen LogP contribution < -0.4 is 15.4 Å². The van der Waals surface area contributed by atoms with E-state index in [9.17, 15) is 14.4 Å². The van der Waals surface area contributed by atoms with Gasteiger partial charge in [-0.1, -0.05) is 66.7 Å². The molecule has 0 aromatic heterocycles. The maximum Gasteiger partial charge on any atom is 0.321 e. The van der Waals surface area contributed by atoms with Gasteiger partial charge in [-0.15, -0.1) is 0 Å². The average molecular weight is 501 g/mol. The highest BCUT2D eigenvalue weighted by Crippen LogP contribution is 2.47. The van der Waals surface area contributed by atoms with Gasteiger partial charge in [-0.2, -0.15) is 0 Å². The number of hydrogen-bond acceptors (Lipinski definition) is 5. The van der Waals surface area contributed by atoms with Gasteiger partial charge in [-0.05, 0) is 48.6 Å². The molecular formula is C30H32N2O5. The molecule has 2 N–H and O–H groups in total. The molecule has 2 atom stereocenters. The van der Waals surface area contributed by atoms with Crippen molar-refractivity contribution in [2.24, 2.45) is 0 Å². The molecule has 0 radical (unpaired) electrons. The summed E-state index contributed by atoms with van der Waals surface area (Å²) in [4.78, 5) is 39.2. The number of benzene rings is 3. The third-order valence-electron chi connectivity index (χ3n) is 6.87. The molecule has 0 unspecified atom stereocenters. The number of methoxy groups -OCH3 is 1. The summed E-state index contributed by atoms with van der Waals surface area (Å²) in [6.45, 7) is 2.63. The van der Waals surface area contributed by atoms with E-state index in [2.05, 4.69) is 10.6 Å². The normalized spacial score (nSPS) is 18.3. The molecule has 0 fully saturated rings. The van der Waals surface area contributed by atoms with Gasteiger partial charge in [0.2, 0.25) is 5.91 Å². The average Bonchev–Trinajstić information content (AvgIpc) is 2.95. The van der Waals surface area contributed by atoms with Crippen LogP contribution in [0.25, 0.3) is 0 Å². The van der Waals surface area contributed by atoms with E-state index in [1.165, 1.54) is 7.11 Å². The summed E-state index contributed by atoms with van der Waals surface area (Å²) < 4.78 is 10.8. The van der Waals surface area contributed by atoms with E-state index < -0.39 is 11.3 Å². The third kappa shape index (κ3) is 5.21. The number of carbonyl (C=O) groups excluding carboxylic acids is 3. The Bertz CT molecular complexity index is 1260. The number of hydrogen-bond donors (Lipinski definition) is 2. The van der Waals surface area contributed by atoms with E-state index in [-0.39, 0.29) is 37.5 Å². The molecule has 7 nitrogen and oxygen atoms in total. The van der Waals surface area contributed by atoms with Crippen molar-refractivity contribution in [2.45, 2.75) is 31.1 Å². The zero-order chi connectivity index (χ0) is 26.3. The summed E-state index contributed by atoms with van der Waals surface area (Å²) in [7, 11) is 1.52. The van der Waals surface area contributed by atoms with Gasteiger partial charge in [0.1, 0.15) is 11.2 Å². The van der Waals surface area contributed by atoms with Crippen molar-refractivity contribution in [1.82, 2.24) is 10.6 Å². The first-order valence-electron chi connectivity index (χ1n) is 12.5. The lowest BCUT2D eigenvalue weighted by Crippen LogP contribution is -2.45. The predicted octanol–water partition coefficient (Wildman–Crippen LogP) is 3.97. The summed E-state index contributed by atoms with van der Waals surface area (Å²) in [6.07, 6.45) is 0.944. The van der Waals surface area contributed by atoms with Crippen LogP contribution in [-0.2, 0) is 19.7 Å². The van der Waals surface area contributed by atoms with Crippen LogP contribution in [0.1, 0.15) is 52.7 Å². The Morgan fingerprint density at radius 1 is 0.892 bits per heavy atom. The fourth-order valence-electron chi connectivity index (χ4n) is 5.13. The first kappa shape index (κ1) is 25.9. The minimum absolute atomic E-state index is 0.135. The molecule has 2 amide bonds. The zero-order valence-corrected chi connectivity index (χ0v) is 21.2. The monoisotopic (exact) mass is 500 g/mol. The van der Waals surface area contributed by atoms with Crippen LogP contribution in [0.5, 0.6) is 5.75 Å². The number of amides is 2. The Morgan fingerprint density at radius 2 is 1.57 bits per heavy atom. The van der Waals surface area contributed by atoms with Crippen molar-refractivity contribution < 1.29 is 23.9 Å². The molecule has 0 saturated carbocycles. The second kappa shape index (κ2) is 11.7. The van der Waals surface area contributed by atoms with Crippen LogP contribution in [0.4, 0.5) is 0 Å². The van der Waals surface area contributed by atoms with E-state index in [1.54, 1.807) is 31.2 Å². The Morgan fingerprint density at radius 3 is 2.32 bits per heavy atom. The van der Waals surface area contributed by atoms with Gasteiger partial charge in [-0.25, -0.2) is 0 Å². The van der Waals surface area contributed by atoms with Gasteiger partial charge < -0.3 is 20.1 Å². The smallest absolute Gasteiger partial charge is 0.321 e. The maximum absolute atomic E-state index is 13.4. The largest absolute Gasteiger partial charge is 0.496 e. The van der Waals surface area contributed by atoms with Crippen molar-refractivity contribution in [2.75, 3.05) is 26.8 Å². The van der Waals surface area contributed by atoms with Crippen molar-refractivity contribution in [3.8, 4) is 5.75 Å². The van der Waals surface area contributed by atoms with Gasteiger partial charge in [0.15, 0.2) is 0 Å². The molecule has 1 aliphatic rings. The van der Waals surface area contributed by atoms with Crippen LogP contribution in [-0.4, -0.2) is 44.6 Å². The molecule has 4 rings (SSSR count). The number of para-hydroxylation sites is 1. The standard InChI is InChI=1S/C30H32N2O5/c1-3-37-29(35)30(21-11-5-4-6-12-21)18-17-23(22-13-7-9-15-25(22)30)27(33)31-19-20-32-28(34)24-14-8-10-16-26(24)36-2/h4-16,23H,3,17-20H2,1-2H3,(H,31,33)(H,32,34)/t23-,30+/m0/s1. The molecule has 7 heteroatoms. The molecule has 0 saturated heterocycles. The van der Waals surface area contributed by atoms with Gasteiger partial charge in [0.05, 0.1) is 25.2 Å². The molecular weight excluding hydrogens is 468 g/mol. The number of carbonyl (C=O) groups is 3. The van der Waals surface area contributed by atoms with E-state index in [1.807, 2.05) is 54.6 Å². The zero-order valence-electron chi connectivity index (χ0n) is 21.2. The van der Waals surface area contributed by atoms with Gasteiger partial charge in [0, 0.05) is 13.1 Å². The van der Waals surface area contributed by atoms with Crippen LogP contribution in [0.3, 0.4) is 0 Å². The molecule has 0 bridgehead atoms. The summed E-state index contributed by atoms with van der Waals surface area (Å²) in [5.41, 5.74) is 1.96. The minimum Gasteiger partial charge on any atom is -0.496 e. The number of ether oxygens (including phenoxy) is 2. The molecule has 0 aliphatic heterocycles. The van der Waals surface area contributed by atoms with Gasteiger partial charge in [0.25, 0.3) is 5.91 Å². The second-order valence-electron chi connectivity index (χ2n) is 8.92. The number of esters is 1. The topological polar surface area (TPSA) is 93.7 Å². The summed E-state index contributed by atoms with van der Waals surface area (Å²) in [5, 5.41) is 5.77. The van der Waals surface area contributed by atoms with E-state index >= 15 is 0 Å². The minimum atomic E-state index is -0.965. The van der Waals surface area contributed by atoms with Crippen LogP contribution in [0, 0.1) is 0 Å². The Balaban J connectivity index is 1.49. The molecule has 3 aromatic carbocycles. The van der Waals surface area contributed by atoms with Crippen LogP contribution in [0.2, 0.25) is 0 Å². The Kier molecular flexibility index (Phi) is 8.23. The van der Waals surface area contributed by atoms with E-state index in [0.717, 1.165) is 16.7 Å².